The number of carbonyl (C=O) groups excluding carboxylic acids is 5. The molecule has 0 fully saturated rings. The van der Waals surface area contributed by atoms with Gasteiger partial charge in [0.15, 0.2) is 0 Å². The average Bonchev–Trinajstić information content (AvgIpc) is 3.17. The molecule has 0 bridgehead atoms. The molecule has 59 heavy (non-hydrogen) atoms. The van der Waals surface area contributed by atoms with E-state index in [0.717, 1.165) is 11.1 Å². The van der Waals surface area contributed by atoms with Crippen molar-refractivity contribution in [2.24, 2.45) is 11.8 Å². The molecule has 0 unspecified atom stereocenters. The molecular formula is C45H57O14-. The zero-order chi connectivity index (χ0) is 43.5. The first kappa shape index (κ1) is 47.9. The van der Waals surface area contributed by atoms with E-state index >= 15 is 0 Å². The Bertz CT molecular complexity index is 2050. The monoisotopic (exact) mass is 821 g/mol. The van der Waals surface area contributed by atoms with Gasteiger partial charge in [-0.1, -0.05) is 30.2 Å². The van der Waals surface area contributed by atoms with Gasteiger partial charge in [-0.05, 0) is 84.1 Å². The molecule has 2 aromatic carbocycles. The summed E-state index contributed by atoms with van der Waals surface area (Å²) in [6, 6.07) is 3.07. The van der Waals surface area contributed by atoms with Gasteiger partial charge in [0.2, 0.25) is 5.43 Å². The first-order chi connectivity index (χ1) is 28.2. The predicted octanol–water partition coefficient (Wildman–Crippen LogP) is 5.92. The number of ketones is 2. The molecule has 14 heteroatoms. The Morgan fingerprint density at radius 2 is 1.32 bits per heavy atom. The topological polar surface area (TPSA) is 216 Å². The van der Waals surface area contributed by atoms with Crippen molar-refractivity contribution in [3.63, 3.8) is 0 Å². The number of aromatic hydroxyl groups is 1. The lowest BCUT2D eigenvalue weighted by molar-refractivity contribution is -0.306. The van der Waals surface area contributed by atoms with Gasteiger partial charge >= 0.3 is 0 Å². The Hall–Kier alpha value is -5.50. The van der Waals surface area contributed by atoms with Gasteiger partial charge in [-0.2, -0.15) is 0 Å². The van der Waals surface area contributed by atoms with Gasteiger partial charge in [0.1, 0.15) is 45.4 Å². The van der Waals surface area contributed by atoms with Crippen LogP contribution in [0, 0.1) is 11.8 Å². The van der Waals surface area contributed by atoms with E-state index in [1.165, 1.54) is 6.07 Å². The third-order valence-electron chi connectivity index (χ3n) is 9.82. The molecule has 3 rings (SSSR count). The van der Waals surface area contributed by atoms with Crippen molar-refractivity contribution >= 4 is 52.4 Å². The highest BCUT2D eigenvalue weighted by Gasteiger charge is 2.24. The fourth-order valence-corrected chi connectivity index (χ4v) is 6.71. The Labute approximate surface area is 344 Å². The Kier molecular flexibility index (Phi) is 19.8. The number of carbonyl (C=O) groups is 5. The van der Waals surface area contributed by atoms with Crippen molar-refractivity contribution in [1.29, 1.82) is 0 Å². The van der Waals surface area contributed by atoms with Crippen LogP contribution in [0.1, 0.15) is 109 Å². The smallest absolute Gasteiger partial charge is 0.293 e. The number of hydrogen-bond donors (Lipinski definition) is 2. The van der Waals surface area contributed by atoms with Crippen LogP contribution in [0.4, 0.5) is 0 Å². The summed E-state index contributed by atoms with van der Waals surface area (Å²) in [6.45, 7) is 10.1. The number of Topliss-reactive ketones (excluding diaryl/α,β-unsaturated/α-hetero) is 2. The predicted molar refractivity (Wildman–Crippen MR) is 218 cm³/mol. The van der Waals surface area contributed by atoms with Crippen LogP contribution in [0.3, 0.4) is 0 Å². The second-order valence-electron chi connectivity index (χ2n) is 15.3. The molecule has 0 amide bonds. The Morgan fingerprint density at radius 1 is 0.763 bits per heavy atom. The summed E-state index contributed by atoms with van der Waals surface area (Å²) in [5.41, 5.74) is 2.84. The first-order valence-corrected chi connectivity index (χ1v) is 20.0. The van der Waals surface area contributed by atoms with E-state index in [9.17, 15) is 44.1 Å². The summed E-state index contributed by atoms with van der Waals surface area (Å²) in [6.07, 6.45) is 6.11. The van der Waals surface area contributed by atoms with Gasteiger partial charge in [0.05, 0.1) is 38.4 Å². The molecular weight excluding hydrogens is 764 g/mol. The highest BCUT2D eigenvalue weighted by molar-refractivity contribution is 5.97. The number of hydrogen-bond acceptors (Lipinski definition) is 14. The zero-order valence-corrected chi connectivity index (χ0v) is 34.7. The summed E-state index contributed by atoms with van der Waals surface area (Å²) in [5.74, 6) is -1.56. The van der Waals surface area contributed by atoms with E-state index in [0.29, 0.717) is 48.2 Å². The lowest BCUT2D eigenvalue weighted by Gasteiger charge is -2.18. The second-order valence-corrected chi connectivity index (χ2v) is 15.3. The number of phenolic OH excluding ortho intramolecular Hbond substituents is 1. The Balaban J connectivity index is 1.96. The van der Waals surface area contributed by atoms with Crippen molar-refractivity contribution in [3.8, 4) is 17.2 Å². The van der Waals surface area contributed by atoms with Crippen molar-refractivity contribution < 1.29 is 62.7 Å². The van der Waals surface area contributed by atoms with Crippen LogP contribution in [-0.4, -0.2) is 67.1 Å². The third kappa shape index (κ3) is 15.0. The van der Waals surface area contributed by atoms with E-state index in [2.05, 4.69) is 0 Å². The number of aliphatic hydroxyl groups is 1. The van der Waals surface area contributed by atoms with E-state index in [-0.39, 0.29) is 135 Å². The average molecular weight is 822 g/mol. The maximum absolute atomic E-state index is 14.5. The third-order valence-corrected chi connectivity index (χ3v) is 9.82. The molecule has 0 saturated carbocycles. The summed E-state index contributed by atoms with van der Waals surface area (Å²) >= 11 is 0. The molecule has 0 radical (unpaired) electrons. The first-order valence-electron chi connectivity index (χ1n) is 20.0. The van der Waals surface area contributed by atoms with Crippen LogP contribution in [-0.2, 0) is 52.9 Å². The van der Waals surface area contributed by atoms with Crippen molar-refractivity contribution in [1.82, 2.24) is 0 Å². The maximum Gasteiger partial charge on any atom is 0.293 e. The van der Waals surface area contributed by atoms with E-state index in [4.69, 9.17) is 23.4 Å². The summed E-state index contributed by atoms with van der Waals surface area (Å²) in [7, 11) is 0. The number of phenols is 1. The lowest BCUT2D eigenvalue weighted by atomic mass is 9.95. The maximum atomic E-state index is 14.5. The van der Waals surface area contributed by atoms with Gasteiger partial charge < -0.3 is 43.5 Å². The number of allylic oxidation sites excluding steroid dienone is 4. The van der Waals surface area contributed by atoms with Crippen LogP contribution in [0.2, 0.25) is 0 Å². The van der Waals surface area contributed by atoms with Crippen LogP contribution in [0.15, 0.2) is 44.6 Å². The number of rotatable bonds is 29. The summed E-state index contributed by atoms with van der Waals surface area (Å²) in [5, 5.41) is 33.4. The standard InChI is InChI=1S/C45H58O14/c1-28(2)10-13-34-36(24-46)38(58-18-7-9-33(50)21-31(25-56-27-48)12-15-41(51)52)23-39-42(34)45(54)43-40(59-39)22-37(35(44(43)53)14-11-29(3)4)57-17-6-8-32(49)20-30(5)16-19-55-26-47/h10-11,22-23,26-27,30-31,46,53H,6-9,12-21,24-25H2,1-5H3,(H,51,52)/p-1/t30-,31-/m0/s1. The number of fused-ring (bicyclic) bond motifs is 2. The quantitative estimate of drug-likeness (QED) is 0.0360. The van der Waals surface area contributed by atoms with Gasteiger partial charge in [-0.15, -0.1) is 0 Å². The van der Waals surface area contributed by atoms with Crippen LogP contribution >= 0.6 is 0 Å². The SMILES string of the molecule is CC(C)=CCc1c(OCCCC(=O)C[C@@H](C)CCOC=O)cc2oc3cc(OCCCC(=O)C[C@H](CCC(=O)[O-])COC=O)c(CO)c(CC=C(C)C)c3c(=O)c2c1O. The molecule has 14 nitrogen and oxygen atoms in total. The molecule has 0 saturated heterocycles. The minimum atomic E-state index is -1.26. The number of aliphatic carboxylic acids is 1. The zero-order valence-electron chi connectivity index (χ0n) is 34.7. The normalized spacial score (nSPS) is 12.0. The molecule has 0 spiro atoms. The summed E-state index contributed by atoms with van der Waals surface area (Å²) < 4.78 is 28.1. The highest BCUT2D eigenvalue weighted by atomic mass is 16.5. The van der Waals surface area contributed by atoms with Crippen molar-refractivity contribution in [2.45, 2.75) is 112 Å². The molecule has 1 heterocycles. The van der Waals surface area contributed by atoms with Gasteiger partial charge in [-0.25, -0.2) is 0 Å². The molecule has 1 aromatic heterocycles. The van der Waals surface area contributed by atoms with Crippen molar-refractivity contribution in [2.75, 3.05) is 26.4 Å². The van der Waals surface area contributed by atoms with E-state index < -0.39 is 23.9 Å². The number of ether oxygens (including phenoxy) is 4. The fourth-order valence-electron chi connectivity index (χ4n) is 6.71. The van der Waals surface area contributed by atoms with Crippen LogP contribution in [0.25, 0.3) is 21.9 Å². The van der Waals surface area contributed by atoms with E-state index in [1.807, 2.05) is 46.8 Å². The van der Waals surface area contributed by atoms with Gasteiger partial charge in [0, 0.05) is 60.8 Å². The molecule has 2 atom stereocenters. The molecule has 0 aliphatic heterocycles. The van der Waals surface area contributed by atoms with Gasteiger partial charge in [-0.3, -0.25) is 24.0 Å². The molecule has 2 N–H and O–H groups in total. The molecule has 0 aliphatic carbocycles. The lowest BCUT2D eigenvalue weighted by Crippen LogP contribution is -2.24. The second kappa shape index (κ2) is 24.4. The van der Waals surface area contributed by atoms with Crippen molar-refractivity contribution in [3.05, 3.63) is 62.3 Å². The minimum absolute atomic E-state index is 0.0104. The van der Waals surface area contributed by atoms with Gasteiger partial charge in [0.25, 0.3) is 12.9 Å². The van der Waals surface area contributed by atoms with Crippen LogP contribution in [0.5, 0.6) is 17.2 Å². The molecule has 322 valence electrons. The molecule has 3 aromatic rings. The number of carboxylic acid groups (broad SMARTS) is 1. The van der Waals surface area contributed by atoms with Crippen LogP contribution < -0.4 is 20.0 Å². The highest BCUT2D eigenvalue weighted by Crippen LogP contribution is 2.39. The number of benzene rings is 2. The number of aliphatic hydroxyl groups excluding tert-OH is 1. The minimum Gasteiger partial charge on any atom is -0.550 e. The number of carboxylic acids is 1. The Morgan fingerprint density at radius 3 is 1.88 bits per heavy atom. The molecule has 0 aliphatic rings. The summed E-state index contributed by atoms with van der Waals surface area (Å²) in [4.78, 5) is 71.8. The van der Waals surface area contributed by atoms with E-state index in [1.54, 1.807) is 6.07 Å². The largest absolute Gasteiger partial charge is 0.550 e. The fraction of sp³-hybridized carbons (Fsp3) is 0.511.